The Morgan fingerprint density at radius 1 is 0.360 bits per heavy atom. The lowest BCUT2D eigenvalue weighted by Crippen LogP contribution is -2.74. The monoisotopic (exact) mass is 654 g/mol. The molecule has 0 aliphatic rings. The van der Waals surface area contributed by atoms with E-state index in [9.17, 15) is 0 Å². The van der Waals surface area contributed by atoms with E-state index in [4.69, 9.17) is 4.98 Å². The maximum Gasteiger partial charge on any atom is 0.181 e. The summed E-state index contributed by atoms with van der Waals surface area (Å²) in [4.78, 5) is 5.13. The molecule has 0 unspecified atom stereocenters. The van der Waals surface area contributed by atoms with Gasteiger partial charge in [-0.25, -0.2) is 0 Å². The van der Waals surface area contributed by atoms with Crippen LogP contribution in [0.5, 0.6) is 0 Å². The lowest BCUT2D eigenvalue weighted by molar-refractivity contribution is 1.18. The van der Waals surface area contributed by atoms with Gasteiger partial charge < -0.3 is 4.57 Å². The molecule has 0 bridgehead atoms. The molecule has 2 aromatic heterocycles. The second kappa shape index (κ2) is 12.6. The molecule has 0 saturated heterocycles. The summed E-state index contributed by atoms with van der Waals surface area (Å²) < 4.78 is 2.36. The lowest BCUT2D eigenvalue weighted by Gasteiger charge is -2.34. The molecule has 50 heavy (non-hydrogen) atoms. The number of para-hydroxylation sites is 2. The molecule has 0 saturated carbocycles. The van der Waals surface area contributed by atoms with Crippen LogP contribution in [0, 0.1) is 0 Å². The van der Waals surface area contributed by atoms with Crippen LogP contribution >= 0.6 is 0 Å². The Morgan fingerprint density at radius 3 is 1.44 bits per heavy atom. The minimum absolute atomic E-state index is 0.971. The molecule has 9 aromatic rings. The number of nitrogens with zero attached hydrogens (tertiary/aromatic N) is 2. The third kappa shape index (κ3) is 4.99. The number of rotatable bonds is 7. The molecule has 3 heteroatoms. The zero-order chi connectivity index (χ0) is 33.3. The van der Waals surface area contributed by atoms with Gasteiger partial charge in [0.25, 0.3) is 0 Å². The fraction of sp³-hybridized carbons (Fsp3) is 0. The highest BCUT2D eigenvalue weighted by Gasteiger charge is 2.41. The van der Waals surface area contributed by atoms with Crippen LogP contribution in [0.25, 0.3) is 49.9 Å². The van der Waals surface area contributed by atoms with Gasteiger partial charge >= 0.3 is 0 Å². The van der Waals surface area contributed by atoms with E-state index in [2.05, 4.69) is 211 Å². The molecule has 0 aliphatic carbocycles. The molecule has 7 aromatic carbocycles. The van der Waals surface area contributed by atoms with Crippen LogP contribution in [-0.4, -0.2) is 17.6 Å². The topological polar surface area (TPSA) is 17.8 Å². The zero-order valence-electron chi connectivity index (χ0n) is 27.5. The van der Waals surface area contributed by atoms with Gasteiger partial charge in [0.05, 0.1) is 16.7 Å². The van der Waals surface area contributed by atoms with Crippen molar-refractivity contribution >= 4 is 50.6 Å². The van der Waals surface area contributed by atoms with Gasteiger partial charge in [-0.3, -0.25) is 4.98 Å². The summed E-state index contributed by atoms with van der Waals surface area (Å²) in [6.07, 6.45) is 2.12. The summed E-state index contributed by atoms with van der Waals surface area (Å²) in [5.41, 5.74) is 8.07. The smallest absolute Gasteiger partial charge is 0.181 e. The molecular weight excluding hydrogens is 621 g/mol. The second-order valence-electron chi connectivity index (χ2n) is 12.8. The van der Waals surface area contributed by atoms with E-state index >= 15 is 0 Å². The maximum atomic E-state index is 5.13. The first-order valence-corrected chi connectivity index (χ1v) is 19.1. The average molecular weight is 655 g/mol. The van der Waals surface area contributed by atoms with Crippen molar-refractivity contribution in [2.24, 2.45) is 0 Å². The van der Waals surface area contributed by atoms with E-state index in [-0.39, 0.29) is 0 Å². The highest BCUT2D eigenvalue weighted by atomic mass is 28.3. The van der Waals surface area contributed by atoms with Crippen LogP contribution < -0.4 is 20.7 Å². The second-order valence-corrected chi connectivity index (χ2v) is 16.6. The number of fused-ring (bicyclic) bond motifs is 3. The lowest BCUT2D eigenvalue weighted by atomic mass is 10.0. The van der Waals surface area contributed by atoms with Crippen LogP contribution in [-0.2, 0) is 0 Å². The van der Waals surface area contributed by atoms with Gasteiger partial charge in [-0.2, -0.15) is 0 Å². The van der Waals surface area contributed by atoms with E-state index in [1.807, 2.05) is 0 Å². The predicted octanol–water partition coefficient (Wildman–Crippen LogP) is 8.89. The summed E-state index contributed by atoms with van der Waals surface area (Å²) >= 11 is 0. The number of hydrogen-bond acceptors (Lipinski definition) is 1. The van der Waals surface area contributed by atoms with Gasteiger partial charge in [0.2, 0.25) is 0 Å². The van der Waals surface area contributed by atoms with Gasteiger partial charge in [-0.1, -0.05) is 164 Å². The first-order valence-electron chi connectivity index (χ1n) is 17.1. The fourth-order valence-corrected chi connectivity index (χ4v) is 12.4. The number of benzene rings is 7. The fourth-order valence-electron chi connectivity index (χ4n) is 7.69. The standard InChI is InChI=1S/C47H34N2Si/c1-5-15-38(16-6-1)49-46-24-14-13-23-43(46)44-33-37(29-32-47(44)49)35-25-27-36(28-26-35)45-31-30-42(34-48-45)50(39-17-7-2-8-18-39,40-19-9-3-10-20-40)41-21-11-4-12-22-41/h1-34H. The quantitative estimate of drug-likeness (QED) is 0.124. The Kier molecular flexibility index (Phi) is 7.53. The number of hydrogen-bond donors (Lipinski definition) is 0. The molecule has 0 radical (unpaired) electrons. The van der Waals surface area contributed by atoms with Crippen LogP contribution in [0.2, 0.25) is 0 Å². The van der Waals surface area contributed by atoms with Crippen LogP contribution in [0.4, 0.5) is 0 Å². The van der Waals surface area contributed by atoms with Gasteiger partial charge in [0.1, 0.15) is 0 Å². The maximum absolute atomic E-state index is 5.13. The summed E-state index contributed by atoms with van der Waals surface area (Å²) in [6, 6.07) is 72.5. The number of pyridine rings is 1. The molecule has 0 aliphatic heterocycles. The summed E-state index contributed by atoms with van der Waals surface area (Å²) in [5, 5.41) is 7.83. The van der Waals surface area contributed by atoms with Crippen molar-refractivity contribution in [3.63, 3.8) is 0 Å². The van der Waals surface area contributed by atoms with Crippen molar-refractivity contribution < 1.29 is 0 Å². The SMILES string of the molecule is c1ccc(-n2c3ccccc3c3cc(-c4ccc(-c5ccc([Si](c6ccccc6)(c6ccccc6)c6ccccc6)cn5)cc4)ccc32)cc1. The molecule has 0 fully saturated rings. The Balaban J connectivity index is 1.09. The third-order valence-electron chi connectivity index (χ3n) is 10.0. The van der Waals surface area contributed by atoms with E-state index in [0.29, 0.717) is 0 Å². The van der Waals surface area contributed by atoms with Gasteiger partial charge in [0.15, 0.2) is 8.07 Å². The van der Waals surface area contributed by atoms with Crippen molar-refractivity contribution in [2.75, 3.05) is 0 Å². The van der Waals surface area contributed by atoms with Crippen molar-refractivity contribution in [2.45, 2.75) is 0 Å². The molecule has 9 rings (SSSR count). The van der Waals surface area contributed by atoms with Crippen LogP contribution in [0.15, 0.2) is 206 Å². The van der Waals surface area contributed by atoms with E-state index < -0.39 is 8.07 Å². The molecule has 0 spiro atoms. The van der Waals surface area contributed by atoms with Crippen molar-refractivity contribution in [3.05, 3.63) is 206 Å². The van der Waals surface area contributed by atoms with Crippen LogP contribution in [0.1, 0.15) is 0 Å². The van der Waals surface area contributed by atoms with Crippen molar-refractivity contribution in [1.29, 1.82) is 0 Å². The first-order chi connectivity index (χ1) is 24.8. The normalized spacial score (nSPS) is 11.6. The molecule has 236 valence electrons. The highest BCUT2D eigenvalue weighted by Crippen LogP contribution is 2.35. The predicted molar refractivity (Wildman–Crippen MR) is 213 cm³/mol. The Hall–Kier alpha value is -6.29. The Bertz CT molecular complexity index is 2450. The minimum atomic E-state index is -2.60. The largest absolute Gasteiger partial charge is 0.309 e. The molecule has 2 heterocycles. The molecule has 2 nitrogen and oxygen atoms in total. The summed E-state index contributed by atoms with van der Waals surface area (Å²) in [6.45, 7) is 0. The zero-order valence-corrected chi connectivity index (χ0v) is 28.5. The van der Waals surface area contributed by atoms with Gasteiger partial charge in [0, 0.05) is 28.2 Å². The van der Waals surface area contributed by atoms with Gasteiger partial charge in [-0.15, -0.1) is 0 Å². The van der Waals surface area contributed by atoms with Crippen LogP contribution in [0.3, 0.4) is 0 Å². The number of aromatic nitrogens is 2. The van der Waals surface area contributed by atoms with E-state index in [0.717, 1.165) is 11.3 Å². The van der Waals surface area contributed by atoms with E-state index in [1.54, 1.807) is 0 Å². The molecule has 0 N–H and O–H groups in total. The molecular formula is C47H34N2Si. The van der Waals surface area contributed by atoms with Gasteiger partial charge in [-0.05, 0) is 68.3 Å². The molecule has 0 amide bonds. The Labute approximate surface area is 293 Å². The van der Waals surface area contributed by atoms with Crippen molar-refractivity contribution in [3.8, 4) is 28.1 Å². The Morgan fingerprint density at radius 2 is 0.860 bits per heavy atom. The minimum Gasteiger partial charge on any atom is -0.309 e. The average Bonchev–Trinajstić information content (AvgIpc) is 3.54. The molecule has 0 atom stereocenters. The third-order valence-corrected chi connectivity index (χ3v) is 14.8. The van der Waals surface area contributed by atoms with Crippen molar-refractivity contribution in [1.82, 2.24) is 9.55 Å². The summed E-state index contributed by atoms with van der Waals surface area (Å²) in [7, 11) is -2.60. The first kappa shape index (κ1) is 29.8. The van der Waals surface area contributed by atoms with E-state index in [1.165, 1.54) is 59.4 Å². The highest BCUT2D eigenvalue weighted by molar-refractivity contribution is 7.19. The summed E-state index contributed by atoms with van der Waals surface area (Å²) in [5.74, 6) is 0.